The van der Waals surface area contributed by atoms with E-state index in [9.17, 15) is 19.7 Å². The number of fused-ring (bicyclic) bond motifs is 1. The summed E-state index contributed by atoms with van der Waals surface area (Å²) in [5.41, 5.74) is 0.0417. The van der Waals surface area contributed by atoms with E-state index >= 15 is 0 Å². The first-order valence-electron chi connectivity index (χ1n) is 10.4. The van der Waals surface area contributed by atoms with Crippen molar-refractivity contribution in [1.29, 1.82) is 0 Å². The Kier molecular flexibility index (Phi) is 8.24. The summed E-state index contributed by atoms with van der Waals surface area (Å²) in [5.74, 6) is -2.43. The zero-order valence-corrected chi connectivity index (χ0v) is 18.8. The van der Waals surface area contributed by atoms with Gasteiger partial charge in [0.25, 0.3) is 0 Å². The summed E-state index contributed by atoms with van der Waals surface area (Å²) >= 11 is 0. The molecule has 0 fully saturated rings. The minimum atomic E-state index is -1.31. The van der Waals surface area contributed by atoms with Crippen LogP contribution in [0.25, 0.3) is 0 Å². The van der Waals surface area contributed by atoms with Gasteiger partial charge in [-0.15, -0.1) is 0 Å². The number of rotatable bonds is 12. The predicted octanol–water partition coefficient (Wildman–Crippen LogP) is 3.75. The van der Waals surface area contributed by atoms with E-state index in [1.54, 1.807) is 19.1 Å². The lowest BCUT2D eigenvalue weighted by Crippen LogP contribution is -2.37. The molecule has 0 N–H and O–H groups in total. The van der Waals surface area contributed by atoms with Crippen LogP contribution in [-0.2, 0) is 14.3 Å². The number of carbonyl (C=O) groups is 2. The standard InChI is InChI=1S/C22H31NO8/c1-6-8-22(3,4)11-16(24)19(21(25)29-7-2)15(12-23(26)27)14-9-17(28-5)20-18(10-14)30-13-31-20/h9-10,15,19H,6-8,11-13H2,1-5H3/t15-,19?/m1/s1. The fourth-order valence-electron chi connectivity index (χ4n) is 4.03. The molecule has 9 nitrogen and oxygen atoms in total. The second-order valence-corrected chi connectivity index (χ2v) is 8.37. The van der Waals surface area contributed by atoms with Crippen LogP contribution in [-0.4, -0.2) is 43.7 Å². The Labute approximate surface area is 182 Å². The average Bonchev–Trinajstić information content (AvgIpc) is 3.14. The summed E-state index contributed by atoms with van der Waals surface area (Å²) in [6.07, 6.45) is 1.77. The Bertz CT molecular complexity index is 820. The molecule has 0 amide bonds. The van der Waals surface area contributed by atoms with Crippen molar-refractivity contribution in [3.05, 3.63) is 27.8 Å². The van der Waals surface area contributed by atoms with Gasteiger partial charge in [-0.3, -0.25) is 19.7 Å². The molecule has 1 unspecified atom stereocenters. The summed E-state index contributed by atoms with van der Waals surface area (Å²) in [6, 6.07) is 3.12. The average molecular weight is 437 g/mol. The van der Waals surface area contributed by atoms with E-state index in [-0.39, 0.29) is 31.0 Å². The third-order valence-electron chi connectivity index (χ3n) is 5.32. The highest BCUT2D eigenvalue weighted by atomic mass is 16.7. The fraction of sp³-hybridized carbons (Fsp3) is 0.636. The molecule has 2 atom stereocenters. The first-order chi connectivity index (χ1) is 14.6. The van der Waals surface area contributed by atoms with Gasteiger partial charge in [0, 0.05) is 11.3 Å². The molecule has 172 valence electrons. The summed E-state index contributed by atoms with van der Waals surface area (Å²) in [5, 5.41) is 11.5. The third-order valence-corrected chi connectivity index (χ3v) is 5.32. The number of esters is 1. The van der Waals surface area contributed by atoms with Crippen LogP contribution in [0.5, 0.6) is 17.2 Å². The Morgan fingerprint density at radius 3 is 2.55 bits per heavy atom. The number of methoxy groups -OCH3 is 1. The maximum Gasteiger partial charge on any atom is 0.317 e. The Hall–Kier alpha value is -2.84. The lowest BCUT2D eigenvalue weighted by atomic mass is 9.75. The van der Waals surface area contributed by atoms with Crippen molar-refractivity contribution in [1.82, 2.24) is 0 Å². The number of Topliss-reactive ketones (excluding diaryl/α,β-unsaturated/α-hetero) is 1. The van der Waals surface area contributed by atoms with Crippen LogP contribution in [0.1, 0.15) is 58.4 Å². The van der Waals surface area contributed by atoms with E-state index in [1.165, 1.54) is 7.11 Å². The second-order valence-electron chi connectivity index (χ2n) is 8.37. The molecule has 0 aliphatic carbocycles. The van der Waals surface area contributed by atoms with Crippen molar-refractivity contribution in [2.24, 2.45) is 11.3 Å². The molecule has 31 heavy (non-hydrogen) atoms. The zero-order chi connectivity index (χ0) is 23.2. The van der Waals surface area contributed by atoms with Crippen LogP contribution < -0.4 is 14.2 Å². The Morgan fingerprint density at radius 2 is 1.97 bits per heavy atom. The van der Waals surface area contributed by atoms with E-state index in [2.05, 4.69) is 0 Å². The molecule has 0 aromatic heterocycles. The van der Waals surface area contributed by atoms with Gasteiger partial charge in [0.2, 0.25) is 19.1 Å². The molecule has 0 saturated carbocycles. The maximum absolute atomic E-state index is 13.3. The minimum Gasteiger partial charge on any atom is -0.493 e. The summed E-state index contributed by atoms with van der Waals surface area (Å²) in [6.45, 7) is 6.98. The molecule has 1 aromatic rings. The quantitative estimate of drug-likeness (QED) is 0.210. The highest BCUT2D eigenvalue weighted by molar-refractivity contribution is 6.00. The molecule has 0 spiro atoms. The smallest absolute Gasteiger partial charge is 0.317 e. The van der Waals surface area contributed by atoms with E-state index in [4.69, 9.17) is 18.9 Å². The largest absolute Gasteiger partial charge is 0.493 e. The highest BCUT2D eigenvalue weighted by Crippen LogP contribution is 2.45. The number of ether oxygens (including phenoxy) is 4. The first-order valence-corrected chi connectivity index (χ1v) is 10.4. The van der Waals surface area contributed by atoms with Gasteiger partial charge < -0.3 is 18.9 Å². The molecule has 1 aliphatic rings. The van der Waals surface area contributed by atoms with Gasteiger partial charge in [-0.2, -0.15) is 0 Å². The van der Waals surface area contributed by atoms with Gasteiger partial charge in [-0.05, 0) is 36.5 Å². The van der Waals surface area contributed by atoms with Crippen LogP contribution >= 0.6 is 0 Å². The van der Waals surface area contributed by atoms with Gasteiger partial charge in [0.1, 0.15) is 11.7 Å². The van der Waals surface area contributed by atoms with Crippen LogP contribution in [0.2, 0.25) is 0 Å². The van der Waals surface area contributed by atoms with Crippen LogP contribution in [0.15, 0.2) is 12.1 Å². The number of hydrogen-bond acceptors (Lipinski definition) is 8. The molecule has 9 heteroatoms. The lowest BCUT2D eigenvalue weighted by molar-refractivity contribution is -0.484. The number of benzene rings is 1. The van der Waals surface area contributed by atoms with Crippen LogP contribution in [0, 0.1) is 21.4 Å². The van der Waals surface area contributed by atoms with Crippen molar-refractivity contribution in [2.45, 2.75) is 52.9 Å². The Balaban J connectivity index is 2.52. The van der Waals surface area contributed by atoms with Gasteiger partial charge in [-0.1, -0.05) is 27.2 Å². The number of carbonyl (C=O) groups excluding carboxylic acids is 2. The first kappa shape index (κ1) is 24.4. The lowest BCUT2D eigenvalue weighted by Gasteiger charge is -2.28. The third kappa shape index (κ3) is 6.08. The van der Waals surface area contributed by atoms with E-state index < -0.39 is 29.3 Å². The van der Waals surface area contributed by atoms with Crippen LogP contribution in [0.4, 0.5) is 0 Å². The molecular weight excluding hydrogens is 406 g/mol. The van der Waals surface area contributed by atoms with Crippen molar-refractivity contribution < 1.29 is 33.5 Å². The summed E-state index contributed by atoms with van der Waals surface area (Å²) in [4.78, 5) is 37.2. The molecule has 1 heterocycles. The number of nitro groups is 1. The molecular formula is C22H31NO8. The van der Waals surface area contributed by atoms with Gasteiger partial charge >= 0.3 is 5.97 Å². The van der Waals surface area contributed by atoms with Crippen molar-refractivity contribution >= 4 is 11.8 Å². The van der Waals surface area contributed by atoms with Gasteiger partial charge in [-0.25, -0.2) is 0 Å². The van der Waals surface area contributed by atoms with Crippen molar-refractivity contribution in [2.75, 3.05) is 27.1 Å². The number of nitrogens with zero attached hydrogens (tertiary/aromatic N) is 1. The summed E-state index contributed by atoms with van der Waals surface area (Å²) < 4.78 is 21.3. The van der Waals surface area contributed by atoms with Crippen molar-refractivity contribution in [3.63, 3.8) is 0 Å². The fourth-order valence-corrected chi connectivity index (χ4v) is 4.03. The molecule has 0 bridgehead atoms. The molecule has 0 saturated heterocycles. The number of ketones is 1. The minimum absolute atomic E-state index is 0.0134. The predicted molar refractivity (Wildman–Crippen MR) is 112 cm³/mol. The highest BCUT2D eigenvalue weighted by Gasteiger charge is 2.42. The summed E-state index contributed by atoms with van der Waals surface area (Å²) in [7, 11) is 1.44. The molecule has 0 radical (unpaired) electrons. The SMILES string of the molecule is CCCC(C)(C)CC(=O)C(C(=O)OCC)[C@H](C[N+](=O)[O-])c1cc(OC)c2c(c1)OCO2. The van der Waals surface area contributed by atoms with Gasteiger partial charge in [0.05, 0.1) is 19.6 Å². The second kappa shape index (κ2) is 10.5. The molecule has 2 rings (SSSR count). The number of hydrogen-bond donors (Lipinski definition) is 0. The van der Waals surface area contributed by atoms with E-state index in [1.807, 2.05) is 20.8 Å². The van der Waals surface area contributed by atoms with E-state index in [0.29, 0.717) is 22.8 Å². The maximum atomic E-state index is 13.3. The topological polar surface area (TPSA) is 114 Å². The monoisotopic (exact) mass is 437 g/mol. The molecule has 1 aliphatic heterocycles. The van der Waals surface area contributed by atoms with Crippen LogP contribution in [0.3, 0.4) is 0 Å². The zero-order valence-electron chi connectivity index (χ0n) is 18.8. The van der Waals surface area contributed by atoms with Crippen molar-refractivity contribution in [3.8, 4) is 17.2 Å². The van der Waals surface area contributed by atoms with E-state index in [0.717, 1.165) is 12.8 Å². The normalized spacial score (nSPS) is 14.6. The Morgan fingerprint density at radius 1 is 1.26 bits per heavy atom. The molecule has 1 aromatic carbocycles. The van der Waals surface area contributed by atoms with Gasteiger partial charge in [0.15, 0.2) is 11.5 Å².